The zero-order valence-electron chi connectivity index (χ0n) is 10.8. The number of aromatic nitrogens is 2. The highest BCUT2D eigenvalue weighted by molar-refractivity contribution is 5.80. The van der Waals surface area contributed by atoms with Crippen LogP contribution in [0.15, 0.2) is 6.07 Å². The van der Waals surface area contributed by atoms with Gasteiger partial charge in [-0.15, -0.1) is 0 Å². The van der Waals surface area contributed by atoms with E-state index < -0.39 is 0 Å². The smallest absolute Gasteiger partial charge is 0.239 e. The van der Waals surface area contributed by atoms with Crippen molar-refractivity contribution in [2.45, 2.75) is 25.8 Å². The van der Waals surface area contributed by atoms with Gasteiger partial charge in [-0.2, -0.15) is 0 Å². The van der Waals surface area contributed by atoms with E-state index in [1.165, 1.54) is 6.42 Å². The van der Waals surface area contributed by atoms with Gasteiger partial charge in [-0.05, 0) is 26.3 Å². The SMILES string of the molecule is CNC(=O)CNc1cc(C2CCCN2)nc(C)n1. The van der Waals surface area contributed by atoms with Crippen molar-refractivity contribution in [2.75, 3.05) is 25.5 Å². The normalized spacial score (nSPS) is 18.7. The Bertz CT molecular complexity index is 428. The van der Waals surface area contributed by atoms with Crippen LogP contribution in [0.2, 0.25) is 0 Å². The molecule has 98 valence electrons. The lowest BCUT2D eigenvalue weighted by Gasteiger charge is -2.12. The molecular weight excluding hydrogens is 230 g/mol. The summed E-state index contributed by atoms with van der Waals surface area (Å²) in [6.07, 6.45) is 2.28. The van der Waals surface area contributed by atoms with E-state index in [2.05, 4.69) is 25.9 Å². The Balaban J connectivity index is 2.08. The molecule has 18 heavy (non-hydrogen) atoms. The molecule has 1 saturated heterocycles. The monoisotopic (exact) mass is 249 g/mol. The Morgan fingerprint density at radius 3 is 3.06 bits per heavy atom. The summed E-state index contributed by atoms with van der Waals surface area (Å²) in [5.74, 6) is 1.36. The average Bonchev–Trinajstić information content (AvgIpc) is 2.89. The van der Waals surface area contributed by atoms with E-state index in [1.54, 1.807) is 7.05 Å². The van der Waals surface area contributed by atoms with Crippen LogP contribution in [0.5, 0.6) is 0 Å². The van der Waals surface area contributed by atoms with Gasteiger partial charge in [0, 0.05) is 19.2 Å². The lowest BCUT2D eigenvalue weighted by atomic mass is 10.1. The zero-order chi connectivity index (χ0) is 13.0. The van der Waals surface area contributed by atoms with Gasteiger partial charge in [0.2, 0.25) is 5.91 Å². The maximum absolute atomic E-state index is 11.2. The highest BCUT2D eigenvalue weighted by Gasteiger charge is 2.18. The Hall–Kier alpha value is -1.69. The predicted octanol–water partition coefficient (Wildman–Crippen LogP) is 0.367. The lowest BCUT2D eigenvalue weighted by molar-refractivity contribution is -0.118. The molecule has 2 heterocycles. The number of carbonyl (C=O) groups is 1. The van der Waals surface area contributed by atoms with Crippen LogP contribution in [-0.2, 0) is 4.79 Å². The van der Waals surface area contributed by atoms with Gasteiger partial charge in [-0.3, -0.25) is 4.79 Å². The van der Waals surface area contributed by atoms with Crippen LogP contribution < -0.4 is 16.0 Å². The second-order valence-corrected chi connectivity index (χ2v) is 4.40. The first-order valence-electron chi connectivity index (χ1n) is 6.22. The van der Waals surface area contributed by atoms with Crippen LogP contribution in [0.25, 0.3) is 0 Å². The molecule has 6 heteroatoms. The Morgan fingerprint density at radius 2 is 2.39 bits per heavy atom. The Morgan fingerprint density at radius 1 is 1.56 bits per heavy atom. The van der Waals surface area contributed by atoms with Crippen LogP contribution >= 0.6 is 0 Å². The second kappa shape index (κ2) is 5.77. The van der Waals surface area contributed by atoms with Crippen molar-refractivity contribution in [3.05, 3.63) is 17.6 Å². The highest BCUT2D eigenvalue weighted by Crippen LogP contribution is 2.22. The summed E-state index contributed by atoms with van der Waals surface area (Å²) in [7, 11) is 1.61. The third-order valence-electron chi connectivity index (χ3n) is 2.98. The molecule has 0 saturated carbocycles. The molecule has 0 aromatic carbocycles. The van der Waals surface area contributed by atoms with Crippen LogP contribution in [0, 0.1) is 6.92 Å². The summed E-state index contributed by atoms with van der Waals surface area (Å²) in [6, 6.07) is 2.23. The molecule has 1 fully saturated rings. The summed E-state index contributed by atoms with van der Waals surface area (Å²) in [5, 5.41) is 8.98. The molecule has 1 amide bonds. The standard InChI is InChI=1S/C12H19N5O/c1-8-16-10(9-4-3-5-14-9)6-11(17-8)15-7-12(18)13-2/h6,9,14H,3-5,7H2,1-2H3,(H,13,18)(H,15,16,17). The van der Waals surface area contributed by atoms with E-state index in [0.717, 1.165) is 24.5 Å². The first-order valence-corrected chi connectivity index (χ1v) is 6.22. The third kappa shape index (κ3) is 3.16. The molecule has 1 aromatic rings. The van der Waals surface area contributed by atoms with Crippen LogP contribution in [0.3, 0.4) is 0 Å². The molecule has 2 rings (SSSR count). The minimum atomic E-state index is -0.0631. The van der Waals surface area contributed by atoms with Gasteiger partial charge in [0.05, 0.1) is 12.2 Å². The van der Waals surface area contributed by atoms with Gasteiger partial charge in [0.25, 0.3) is 0 Å². The number of nitrogens with zero attached hydrogens (tertiary/aromatic N) is 2. The molecule has 1 aliphatic rings. The third-order valence-corrected chi connectivity index (χ3v) is 2.98. The van der Waals surface area contributed by atoms with Gasteiger partial charge < -0.3 is 16.0 Å². The number of carbonyl (C=O) groups excluding carboxylic acids is 1. The maximum atomic E-state index is 11.2. The topological polar surface area (TPSA) is 78.9 Å². The summed E-state index contributed by atoms with van der Waals surface area (Å²) in [5.41, 5.74) is 0.999. The van der Waals surface area contributed by atoms with Crippen molar-refractivity contribution >= 4 is 11.7 Å². The van der Waals surface area contributed by atoms with E-state index in [0.29, 0.717) is 11.9 Å². The number of hydrogen-bond donors (Lipinski definition) is 3. The average molecular weight is 249 g/mol. The van der Waals surface area contributed by atoms with E-state index in [1.807, 2.05) is 13.0 Å². The van der Waals surface area contributed by atoms with Crippen molar-refractivity contribution in [3.63, 3.8) is 0 Å². The number of rotatable bonds is 4. The van der Waals surface area contributed by atoms with Crippen LogP contribution in [0.4, 0.5) is 5.82 Å². The van der Waals surface area contributed by atoms with Gasteiger partial charge in [0.15, 0.2) is 0 Å². The fourth-order valence-corrected chi connectivity index (χ4v) is 2.06. The van der Waals surface area contributed by atoms with Gasteiger partial charge in [-0.1, -0.05) is 0 Å². The molecule has 0 aliphatic carbocycles. The summed E-state index contributed by atoms with van der Waals surface area (Å²) < 4.78 is 0. The van der Waals surface area contributed by atoms with Crippen LogP contribution in [-0.4, -0.2) is 36.0 Å². The predicted molar refractivity (Wildman–Crippen MR) is 69.3 cm³/mol. The number of aryl methyl sites for hydroxylation is 1. The van der Waals surface area contributed by atoms with Crippen molar-refractivity contribution < 1.29 is 4.79 Å². The first-order chi connectivity index (χ1) is 8.69. The fourth-order valence-electron chi connectivity index (χ4n) is 2.06. The second-order valence-electron chi connectivity index (χ2n) is 4.40. The summed E-state index contributed by atoms with van der Waals surface area (Å²) in [4.78, 5) is 19.9. The molecule has 1 aliphatic heterocycles. The number of amides is 1. The first kappa shape index (κ1) is 12.8. The molecule has 1 aromatic heterocycles. The molecule has 0 spiro atoms. The van der Waals surface area contributed by atoms with Gasteiger partial charge in [0.1, 0.15) is 11.6 Å². The number of anilines is 1. The molecule has 1 unspecified atom stereocenters. The number of hydrogen-bond acceptors (Lipinski definition) is 5. The minimum Gasteiger partial charge on any atom is -0.361 e. The van der Waals surface area contributed by atoms with E-state index in [4.69, 9.17) is 0 Å². The lowest BCUT2D eigenvalue weighted by Crippen LogP contribution is -2.26. The Labute approximate surface area is 107 Å². The van der Waals surface area contributed by atoms with Crippen molar-refractivity contribution in [2.24, 2.45) is 0 Å². The largest absolute Gasteiger partial charge is 0.361 e. The number of nitrogens with one attached hydrogen (secondary N) is 3. The highest BCUT2D eigenvalue weighted by atomic mass is 16.1. The molecule has 0 radical (unpaired) electrons. The Kier molecular flexibility index (Phi) is 4.09. The summed E-state index contributed by atoms with van der Waals surface area (Å²) in [6.45, 7) is 3.13. The van der Waals surface area contributed by atoms with E-state index >= 15 is 0 Å². The van der Waals surface area contributed by atoms with Gasteiger partial charge >= 0.3 is 0 Å². The van der Waals surface area contributed by atoms with Crippen molar-refractivity contribution in [1.29, 1.82) is 0 Å². The van der Waals surface area contributed by atoms with E-state index in [9.17, 15) is 4.79 Å². The molecule has 1 atom stereocenters. The molecule has 6 nitrogen and oxygen atoms in total. The molecule has 3 N–H and O–H groups in total. The quantitative estimate of drug-likeness (QED) is 0.718. The minimum absolute atomic E-state index is 0.0631. The zero-order valence-corrected chi connectivity index (χ0v) is 10.8. The number of likely N-dealkylation sites (N-methyl/N-ethyl adjacent to an activating group) is 1. The van der Waals surface area contributed by atoms with Gasteiger partial charge in [-0.25, -0.2) is 9.97 Å². The molecular formula is C12H19N5O. The van der Waals surface area contributed by atoms with Crippen LogP contribution in [0.1, 0.15) is 30.4 Å². The van der Waals surface area contributed by atoms with Crippen molar-refractivity contribution in [3.8, 4) is 0 Å². The molecule has 0 bridgehead atoms. The maximum Gasteiger partial charge on any atom is 0.239 e. The fraction of sp³-hybridized carbons (Fsp3) is 0.583. The summed E-state index contributed by atoms with van der Waals surface area (Å²) >= 11 is 0. The van der Waals surface area contributed by atoms with E-state index in [-0.39, 0.29) is 12.5 Å². The van der Waals surface area contributed by atoms with Crippen molar-refractivity contribution in [1.82, 2.24) is 20.6 Å².